The summed E-state index contributed by atoms with van der Waals surface area (Å²) in [4.78, 5) is 15.9. The molecule has 0 spiro atoms. The maximum absolute atomic E-state index is 11.7. The van der Waals surface area contributed by atoms with Crippen LogP contribution in [0.3, 0.4) is 0 Å². The van der Waals surface area contributed by atoms with Crippen LogP contribution in [-0.2, 0) is 0 Å². The Balaban J connectivity index is 1.90. The van der Waals surface area contributed by atoms with Gasteiger partial charge < -0.3 is 9.15 Å². The number of benzene rings is 1. The third-order valence-corrected chi connectivity index (χ3v) is 3.02. The van der Waals surface area contributed by atoms with E-state index in [1.165, 1.54) is 0 Å². The Morgan fingerprint density at radius 1 is 1.33 bits per heavy atom. The van der Waals surface area contributed by atoms with Gasteiger partial charge in [-0.3, -0.25) is 5.32 Å². The summed E-state index contributed by atoms with van der Waals surface area (Å²) in [5.74, 6) is 0. The van der Waals surface area contributed by atoms with Crippen molar-refractivity contribution in [3.8, 4) is 6.08 Å². The van der Waals surface area contributed by atoms with E-state index in [4.69, 9.17) is 9.15 Å². The average molecular weight is 246 g/mol. The molecule has 1 aliphatic rings. The molecule has 0 amide bonds. The van der Waals surface area contributed by atoms with Crippen molar-refractivity contribution in [2.75, 3.05) is 6.54 Å². The van der Waals surface area contributed by atoms with Gasteiger partial charge in [0.2, 0.25) is 0 Å². The summed E-state index contributed by atoms with van der Waals surface area (Å²) in [5.41, 5.74) is 0.186. The monoisotopic (exact) mass is 246 g/mol. The molecular weight excluding hydrogens is 232 g/mol. The molecule has 2 heterocycles. The second kappa shape index (κ2) is 4.78. The molecule has 0 aliphatic carbocycles. The summed E-state index contributed by atoms with van der Waals surface area (Å²) < 4.78 is 10.6. The highest BCUT2D eigenvalue weighted by Gasteiger charge is 2.16. The van der Waals surface area contributed by atoms with Crippen molar-refractivity contribution in [1.29, 1.82) is 0 Å². The Kier molecular flexibility index (Phi) is 2.98. The van der Waals surface area contributed by atoms with Gasteiger partial charge in [0.05, 0.1) is 10.9 Å². The molecule has 94 valence electrons. The molecule has 1 N–H and O–H groups in total. The molecule has 0 radical (unpaired) electrons. The number of hydrogen-bond donors (Lipinski definition) is 1. The zero-order chi connectivity index (χ0) is 12.4. The Labute approximate surface area is 104 Å². The fraction of sp³-hybridized carbons (Fsp3) is 0.385. The van der Waals surface area contributed by atoms with Gasteiger partial charge in [0.15, 0.2) is 6.23 Å². The highest BCUT2D eigenvalue weighted by molar-refractivity contribution is 5.76. The van der Waals surface area contributed by atoms with Gasteiger partial charge in [-0.1, -0.05) is 12.1 Å². The molecule has 1 saturated heterocycles. The molecule has 1 unspecified atom stereocenters. The molecule has 1 aromatic heterocycles. The van der Waals surface area contributed by atoms with Crippen LogP contribution in [0.15, 0.2) is 33.5 Å². The number of ether oxygens (including phenoxy) is 1. The highest BCUT2D eigenvalue weighted by atomic mass is 16.6. The van der Waals surface area contributed by atoms with Crippen LogP contribution in [0, 0.1) is 0 Å². The lowest BCUT2D eigenvalue weighted by molar-refractivity contribution is 0.0890. The molecular formula is C13H14N2O3. The first kappa shape index (κ1) is 11.2. The van der Waals surface area contributed by atoms with Crippen molar-refractivity contribution in [2.24, 2.45) is 0 Å². The topological polar surface area (TPSA) is 64.4 Å². The fourth-order valence-electron chi connectivity index (χ4n) is 2.09. The summed E-state index contributed by atoms with van der Waals surface area (Å²) in [6, 6.07) is 7.08. The Bertz CT molecular complexity index is 602. The molecule has 5 nitrogen and oxygen atoms in total. The van der Waals surface area contributed by atoms with Crippen LogP contribution in [0.25, 0.3) is 10.9 Å². The fourth-order valence-corrected chi connectivity index (χ4v) is 2.09. The number of nitrogens with one attached hydrogen (secondary N) is 1. The molecule has 1 aliphatic heterocycles. The zero-order valence-electron chi connectivity index (χ0n) is 9.89. The number of hydrogen-bond acceptors (Lipinski definition) is 5. The molecule has 1 aromatic carbocycles. The van der Waals surface area contributed by atoms with Crippen molar-refractivity contribution in [1.82, 2.24) is 10.3 Å². The van der Waals surface area contributed by atoms with E-state index in [0.29, 0.717) is 10.9 Å². The summed E-state index contributed by atoms with van der Waals surface area (Å²) in [6.45, 7) is 0.919. The van der Waals surface area contributed by atoms with E-state index in [-0.39, 0.29) is 12.3 Å². The molecule has 18 heavy (non-hydrogen) atoms. The predicted octanol–water partition coefficient (Wildman–Crippen LogP) is 1.67. The van der Waals surface area contributed by atoms with Crippen molar-refractivity contribution in [3.05, 3.63) is 34.7 Å². The minimum atomic E-state index is -0.411. The minimum Gasteiger partial charge on any atom is -0.431 e. The summed E-state index contributed by atoms with van der Waals surface area (Å²) in [6.07, 6.45) is 3.08. The van der Waals surface area contributed by atoms with Crippen LogP contribution in [0.1, 0.15) is 19.3 Å². The standard InChI is InChI=1S/C13H14N2O3/c16-12-9-5-1-2-6-10(9)15-13(18-12)17-11-7-3-4-8-14-11/h1-2,5-6,11,14H,3-4,7-8H2. The lowest BCUT2D eigenvalue weighted by Crippen LogP contribution is -2.38. The van der Waals surface area contributed by atoms with Gasteiger partial charge in [-0.2, -0.15) is 4.98 Å². The first-order valence-electron chi connectivity index (χ1n) is 6.13. The van der Waals surface area contributed by atoms with E-state index in [0.717, 1.165) is 25.8 Å². The van der Waals surface area contributed by atoms with Crippen LogP contribution in [0.4, 0.5) is 0 Å². The number of nitrogens with zero attached hydrogens (tertiary/aromatic N) is 1. The zero-order valence-corrected chi connectivity index (χ0v) is 9.89. The van der Waals surface area contributed by atoms with Crippen LogP contribution in [-0.4, -0.2) is 17.8 Å². The molecule has 1 fully saturated rings. The number of fused-ring (bicyclic) bond motifs is 1. The molecule has 0 bridgehead atoms. The predicted molar refractivity (Wildman–Crippen MR) is 66.5 cm³/mol. The van der Waals surface area contributed by atoms with E-state index in [1.54, 1.807) is 18.2 Å². The van der Waals surface area contributed by atoms with Gasteiger partial charge in [-0.05, 0) is 37.9 Å². The van der Waals surface area contributed by atoms with Gasteiger partial charge >= 0.3 is 11.7 Å². The van der Waals surface area contributed by atoms with Gasteiger partial charge in [-0.15, -0.1) is 0 Å². The quantitative estimate of drug-likeness (QED) is 0.873. The lowest BCUT2D eigenvalue weighted by Gasteiger charge is -2.22. The number of rotatable bonds is 2. The smallest absolute Gasteiger partial charge is 0.398 e. The van der Waals surface area contributed by atoms with Crippen LogP contribution in [0.5, 0.6) is 6.08 Å². The summed E-state index contributed by atoms with van der Waals surface area (Å²) in [7, 11) is 0. The van der Waals surface area contributed by atoms with E-state index >= 15 is 0 Å². The van der Waals surface area contributed by atoms with Crippen LogP contribution < -0.4 is 15.7 Å². The van der Waals surface area contributed by atoms with Crippen molar-refractivity contribution in [3.63, 3.8) is 0 Å². The maximum Gasteiger partial charge on any atom is 0.398 e. The van der Waals surface area contributed by atoms with Gasteiger partial charge in [0.25, 0.3) is 0 Å². The van der Waals surface area contributed by atoms with Crippen molar-refractivity contribution in [2.45, 2.75) is 25.5 Å². The van der Waals surface area contributed by atoms with E-state index in [9.17, 15) is 4.79 Å². The summed E-state index contributed by atoms with van der Waals surface area (Å²) in [5, 5.41) is 3.68. The molecule has 2 aromatic rings. The van der Waals surface area contributed by atoms with Crippen molar-refractivity contribution >= 4 is 10.9 Å². The normalized spacial score (nSPS) is 19.9. The van der Waals surface area contributed by atoms with Crippen molar-refractivity contribution < 1.29 is 9.15 Å². The third kappa shape index (κ3) is 2.22. The first-order chi connectivity index (χ1) is 8.83. The molecule has 1 atom stereocenters. The Morgan fingerprint density at radius 3 is 3.06 bits per heavy atom. The van der Waals surface area contributed by atoms with Gasteiger partial charge in [0.1, 0.15) is 0 Å². The lowest BCUT2D eigenvalue weighted by atomic mass is 10.1. The van der Waals surface area contributed by atoms with E-state index in [1.807, 2.05) is 6.07 Å². The Morgan fingerprint density at radius 2 is 2.22 bits per heavy atom. The minimum absolute atomic E-state index is 0.0399. The second-order valence-corrected chi connectivity index (χ2v) is 4.34. The second-order valence-electron chi connectivity index (χ2n) is 4.34. The Hall–Kier alpha value is -1.88. The SMILES string of the molecule is O=c1oc(OC2CCCCN2)nc2ccccc12. The largest absolute Gasteiger partial charge is 0.431 e. The molecule has 0 saturated carbocycles. The van der Waals surface area contributed by atoms with E-state index in [2.05, 4.69) is 10.3 Å². The first-order valence-corrected chi connectivity index (χ1v) is 6.13. The third-order valence-electron chi connectivity index (χ3n) is 3.02. The van der Waals surface area contributed by atoms with Crippen LogP contribution in [0.2, 0.25) is 0 Å². The van der Waals surface area contributed by atoms with Gasteiger partial charge in [0, 0.05) is 0 Å². The highest BCUT2D eigenvalue weighted by Crippen LogP contribution is 2.15. The molecule has 3 rings (SSSR count). The van der Waals surface area contributed by atoms with Crippen LogP contribution >= 0.6 is 0 Å². The number of para-hydroxylation sites is 1. The molecule has 5 heteroatoms. The number of piperidine rings is 1. The van der Waals surface area contributed by atoms with Gasteiger partial charge in [-0.25, -0.2) is 4.79 Å². The summed E-state index contributed by atoms with van der Waals surface area (Å²) >= 11 is 0. The van der Waals surface area contributed by atoms with E-state index < -0.39 is 5.63 Å². The maximum atomic E-state index is 11.7. The number of aromatic nitrogens is 1. The average Bonchev–Trinajstić information content (AvgIpc) is 2.40.